The summed E-state index contributed by atoms with van der Waals surface area (Å²) in [6, 6.07) is 8.35. The summed E-state index contributed by atoms with van der Waals surface area (Å²) in [5.41, 5.74) is 2.47. The first-order valence-corrected chi connectivity index (χ1v) is 7.71. The zero-order valence-corrected chi connectivity index (χ0v) is 13.0. The van der Waals surface area contributed by atoms with Crippen molar-refractivity contribution in [3.63, 3.8) is 0 Å². The second kappa shape index (κ2) is 7.94. The lowest BCUT2D eigenvalue weighted by Crippen LogP contribution is -2.46. The predicted molar refractivity (Wildman–Crippen MR) is 82.7 cm³/mol. The van der Waals surface area contributed by atoms with Crippen molar-refractivity contribution in [1.29, 1.82) is 0 Å². The average Bonchev–Trinajstić information content (AvgIpc) is 2.49. The summed E-state index contributed by atoms with van der Waals surface area (Å²) in [6.45, 7) is 3.41. The number of aliphatic carboxylic acids is 1. The van der Waals surface area contributed by atoms with Crippen molar-refractivity contribution in [1.82, 2.24) is 4.90 Å². The van der Waals surface area contributed by atoms with Crippen LogP contribution >= 0.6 is 0 Å². The third-order valence-corrected chi connectivity index (χ3v) is 3.87. The zero-order valence-electron chi connectivity index (χ0n) is 13.0. The van der Waals surface area contributed by atoms with Gasteiger partial charge in [0.15, 0.2) is 0 Å². The SMILES string of the molecule is Cc1ccc(CCCC(=O)N2CCOC(CC(=O)O)C2)cc1. The molecule has 1 atom stereocenters. The Kier molecular flexibility index (Phi) is 5.95. The Hall–Kier alpha value is -1.88. The molecule has 0 radical (unpaired) electrons. The number of ether oxygens (including phenoxy) is 1. The van der Waals surface area contributed by atoms with Crippen LogP contribution in [-0.4, -0.2) is 47.7 Å². The third-order valence-electron chi connectivity index (χ3n) is 3.87. The molecule has 0 aliphatic carbocycles. The fraction of sp³-hybridized carbons (Fsp3) is 0.529. The minimum absolute atomic E-state index is 0.0485. The molecule has 1 aliphatic rings. The van der Waals surface area contributed by atoms with Crippen LogP contribution in [-0.2, 0) is 20.7 Å². The highest BCUT2D eigenvalue weighted by Crippen LogP contribution is 2.12. The largest absolute Gasteiger partial charge is 0.481 e. The van der Waals surface area contributed by atoms with Crippen LogP contribution < -0.4 is 0 Å². The lowest BCUT2D eigenvalue weighted by molar-refractivity contribution is -0.147. The Balaban J connectivity index is 1.74. The van der Waals surface area contributed by atoms with Crippen molar-refractivity contribution in [3.05, 3.63) is 35.4 Å². The lowest BCUT2D eigenvalue weighted by atomic mass is 10.1. The zero-order chi connectivity index (χ0) is 15.9. The minimum Gasteiger partial charge on any atom is -0.481 e. The minimum atomic E-state index is -0.890. The van der Waals surface area contributed by atoms with Gasteiger partial charge >= 0.3 is 5.97 Å². The van der Waals surface area contributed by atoms with Crippen LogP contribution in [0.4, 0.5) is 0 Å². The highest BCUT2D eigenvalue weighted by molar-refractivity contribution is 5.76. The van der Waals surface area contributed by atoms with E-state index in [0.29, 0.717) is 26.1 Å². The molecular weight excluding hydrogens is 282 g/mol. The molecule has 1 saturated heterocycles. The summed E-state index contributed by atoms with van der Waals surface area (Å²) in [5, 5.41) is 8.79. The number of carboxylic acid groups (broad SMARTS) is 1. The summed E-state index contributed by atoms with van der Waals surface area (Å²) in [6.07, 6.45) is 1.76. The van der Waals surface area contributed by atoms with Crippen molar-refractivity contribution >= 4 is 11.9 Å². The van der Waals surface area contributed by atoms with E-state index in [1.807, 2.05) is 0 Å². The number of aryl methyl sites for hydroxylation is 2. The first kappa shape index (κ1) is 16.5. The van der Waals surface area contributed by atoms with Crippen LogP contribution in [0.25, 0.3) is 0 Å². The van der Waals surface area contributed by atoms with E-state index >= 15 is 0 Å². The van der Waals surface area contributed by atoms with Crippen LogP contribution in [0.3, 0.4) is 0 Å². The summed E-state index contributed by atoms with van der Waals surface area (Å²) >= 11 is 0. The molecule has 5 nitrogen and oxygen atoms in total. The van der Waals surface area contributed by atoms with E-state index in [0.717, 1.165) is 12.8 Å². The summed E-state index contributed by atoms with van der Waals surface area (Å²) < 4.78 is 5.38. The number of carboxylic acids is 1. The topological polar surface area (TPSA) is 66.8 Å². The molecule has 1 N–H and O–H groups in total. The number of carbonyl (C=O) groups excluding carboxylic acids is 1. The first-order valence-electron chi connectivity index (χ1n) is 7.71. The molecule has 0 saturated carbocycles. The van der Waals surface area contributed by atoms with Crippen molar-refractivity contribution in [2.24, 2.45) is 0 Å². The number of nitrogens with zero attached hydrogens (tertiary/aromatic N) is 1. The molecule has 1 aromatic carbocycles. The molecule has 22 heavy (non-hydrogen) atoms. The van der Waals surface area contributed by atoms with Gasteiger partial charge in [0.1, 0.15) is 0 Å². The maximum Gasteiger partial charge on any atom is 0.306 e. The smallest absolute Gasteiger partial charge is 0.306 e. The number of hydrogen-bond donors (Lipinski definition) is 1. The van der Waals surface area contributed by atoms with Gasteiger partial charge in [-0.2, -0.15) is 0 Å². The van der Waals surface area contributed by atoms with E-state index < -0.39 is 5.97 Å². The van der Waals surface area contributed by atoms with E-state index in [1.54, 1.807) is 4.90 Å². The number of morpholine rings is 1. The second-order valence-corrected chi connectivity index (χ2v) is 5.77. The van der Waals surface area contributed by atoms with Crippen LogP contribution in [0.15, 0.2) is 24.3 Å². The fourth-order valence-corrected chi connectivity index (χ4v) is 2.62. The maximum absolute atomic E-state index is 12.2. The molecule has 1 aliphatic heterocycles. The van der Waals surface area contributed by atoms with Crippen LogP contribution in [0.5, 0.6) is 0 Å². The Bertz CT molecular complexity index is 512. The van der Waals surface area contributed by atoms with Gasteiger partial charge in [-0.1, -0.05) is 29.8 Å². The van der Waals surface area contributed by atoms with Gasteiger partial charge in [0.2, 0.25) is 5.91 Å². The van der Waals surface area contributed by atoms with Crippen LogP contribution in [0, 0.1) is 6.92 Å². The van der Waals surface area contributed by atoms with Gasteiger partial charge in [0.25, 0.3) is 0 Å². The Morgan fingerprint density at radius 3 is 2.73 bits per heavy atom. The molecule has 1 amide bonds. The van der Waals surface area contributed by atoms with Gasteiger partial charge in [0.05, 0.1) is 19.1 Å². The molecule has 0 aromatic heterocycles. The lowest BCUT2D eigenvalue weighted by Gasteiger charge is -2.32. The van der Waals surface area contributed by atoms with Gasteiger partial charge < -0.3 is 14.7 Å². The summed E-state index contributed by atoms with van der Waals surface area (Å²) in [5.74, 6) is -0.801. The first-order chi connectivity index (χ1) is 10.5. The highest BCUT2D eigenvalue weighted by Gasteiger charge is 2.25. The van der Waals surface area contributed by atoms with E-state index in [1.165, 1.54) is 11.1 Å². The molecule has 0 bridgehead atoms. The van der Waals surface area contributed by atoms with Gasteiger partial charge in [0, 0.05) is 19.5 Å². The standard InChI is InChI=1S/C17H23NO4/c1-13-5-7-14(8-6-13)3-2-4-16(19)18-9-10-22-15(12-18)11-17(20)21/h5-8,15H,2-4,9-12H2,1H3,(H,20,21). The fourth-order valence-electron chi connectivity index (χ4n) is 2.62. The highest BCUT2D eigenvalue weighted by atomic mass is 16.5. The quantitative estimate of drug-likeness (QED) is 0.873. The van der Waals surface area contributed by atoms with E-state index in [9.17, 15) is 9.59 Å². The van der Waals surface area contributed by atoms with E-state index in [4.69, 9.17) is 9.84 Å². The summed E-state index contributed by atoms with van der Waals surface area (Å²) in [7, 11) is 0. The van der Waals surface area contributed by atoms with Gasteiger partial charge in [-0.3, -0.25) is 9.59 Å². The molecule has 0 spiro atoms. The Morgan fingerprint density at radius 1 is 1.32 bits per heavy atom. The van der Waals surface area contributed by atoms with Gasteiger partial charge in [-0.25, -0.2) is 0 Å². The Morgan fingerprint density at radius 2 is 2.05 bits per heavy atom. The summed E-state index contributed by atoms with van der Waals surface area (Å²) in [4.78, 5) is 24.6. The molecule has 1 heterocycles. The monoisotopic (exact) mass is 305 g/mol. The maximum atomic E-state index is 12.2. The van der Waals surface area contributed by atoms with E-state index in [-0.39, 0.29) is 18.4 Å². The molecule has 1 aromatic rings. The number of benzene rings is 1. The molecule has 120 valence electrons. The molecule has 1 unspecified atom stereocenters. The molecule has 2 rings (SSSR count). The second-order valence-electron chi connectivity index (χ2n) is 5.77. The Labute approximate surface area is 130 Å². The van der Waals surface area contributed by atoms with Crippen molar-refractivity contribution < 1.29 is 19.4 Å². The normalized spacial score (nSPS) is 18.2. The molecule has 1 fully saturated rings. The average molecular weight is 305 g/mol. The van der Waals surface area contributed by atoms with Crippen LogP contribution in [0.1, 0.15) is 30.4 Å². The number of rotatable bonds is 6. The third kappa shape index (κ3) is 5.15. The number of amides is 1. The van der Waals surface area contributed by atoms with Crippen LogP contribution in [0.2, 0.25) is 0 Å². The molecule has 5 heteroatoms. The number of carbonyl (C=O) groups is 2. The molecular formula is C17H23NO4. The van der Waals surface area contributed by atoms with Crippen molar-refractivity contribution in [2.45, 2.75) is 38.7 Å². The van der Waals surface area contributed by atoms with Crippen molar-refractivity contribution in [3.8, 4) is 0 Å². The predicted octanol–water partition coefficient (Wildman–Crippen LogP) is 2.02. The van der Waals surface area contributed by atoms with Crippen molar-refractivity contribution in [2.75, 3.05) is 19.7 Å². The van der Waals surface area contributed by atoms with E-state index in [2.05, 4.69) is 31.2 Å². The number of hydrogen-bond acceptors (Lipinski definition) is 3. The van der Waals surface area contributed by atoms with Gasteiger partial charge in [-0.15, -0.1) is 0 Å². The van der Waals surface area contributed by atoms with Gasteiger partial charge in [-0.05, 0) is 25.3 Å².